The first kappa shape index (κ1) is 16.5. The van der Waals surface area contributed by atoms with Gasteiger partial charge in [-0.3, -0.25) is 9.78 Å². The van der Waals surface area contributed by atoms with Crippen LogP contribution < -0.4 is 4.74 Å². The molecule has 0 saturated heterocycles. The average molecular weight is 358 g/mol. The summed E-state index contributed by atoms with van der Waals surface area (Å²) in [6, 6.07) is 0. The summed E-state index contributed by atoms with van der Waals surface area (Å²) < 4.78 is 45.4. The van der Waals surface area contributed by atoms with Gasteiger partial charge in [0.05, 0.1) is 18.7 Å². The monoisotopic (exact) mass is 357 g/mol. The second-order valence-corrected chi connectivity index (χ2v) is 4.13. The molecule has 1 aromatic heterocycles. The third kappa shape index (κ3) is 4.55. The fourth-order valence-corrected chi connectivity index (χ4v) is 1.79. The lowest BCUT2D eigenvalue weighted by molar-refractivity contribution is -0.275. The number of aromatic hydroxyl groups is 1. The Morgan fingerprint density at radius 1 is 1.50 bits per heavy atom. The smallest absolute Gasteiger partial charge is 0.503 e. The van der Waals surface area contributed by atoms with E-state index < -0.39 is 30.3 Å². The van der Waals surface area contributed by atoms with Crippen molar-refractivity contribution >= 4 is 21.9 Å². The first-order valence-electron chi connectivity index (χ1n) is 5.45. The number of nitrogens with zero attached hydrogens (tertiary/aromatic N) is 1. The van der Waals surface area contributed by atoms with Gasteiger partial charge >= 0.3 is 12.3 Å². The molecule has 0 spiro atoms. The summed E-state index contributed by atoms with van der Waals surface area (Å²) in [6.45, 7) is 1.65. The molecule has 1 N–H and O–H groups in total. The summed E-state index contributed by atoms with van der Waals surface area (Å²) in [4.78, 5) is 15.1. The second-order valence-electron chi connectivity index (χ2n) is 3.57. The summed E-state index contributed by atoms with van der Waals surface area (Å²) in [5.41, 5.74) is -0.236. The molecule has 9 heteroatoms. The van der Waals surface area contributed by atoms with Gasteiger partial charge < -0.3 is 14.6 Å². The Morgan fingerprint density at radius 3 is 2.65 bits per heavy atom. The van der Waals surface area contributed by atoms with E-state index in [0.29, 0.717) is 0 Å². The molecule has 0 bridgehead atoms. The van der Waals surface area contributed by atoms with Crippen LogP contribution in [0.4, 0.5) is 13.2 Å². The van der Waals surface area contributed by atoms with E-state index in [-0.39, 0.29) is 23.2 Å². The van der Waals surface area contributed by atoms with Crippen molar-refractivity contribution < 1.29 is 32.5 Å². The van der Waals surface area contributed by atoms with Crippen LogP contribution in [0.2, 0.25) is 0 Å². The van der Waals surface area contributed by atoms with E-state index in [1.165, 1.54) is 0 Å². The number of ether oxygens (including phenoxy) is 2. The lowest BCUT2D eigenvalue weighted by Gasteiger charge is -2.15. The number of hydrogen-bond donors (Lipinski definition) is 1. The molecule has 0 aliphatic heterocycles. The summed E-state index contributed by atoms with van der Waals surface area (Å²) in [6.07, 6.45) is -4.44. The van der Waals surface area contributed by atoms with Gasteiger partial charge in [-0.1, -0.05) is 15.9 Å². The normalized spacial score (nSPS) is 11.2. The SMILES string of the molecule is CCOC(=O)Cc1cnc(CBr)c(O)c1OC(F)(F)F. The van der Waals surface area contributed by atoms with Crippen molar-refractivity contribution in [3.05, 3.63) is 17.5 Å². The van der Waals surface area contributed by atoms with Crippen molar-refractivity contribution in [1.29, 1.82) is 0 Å². The van der Waals surface area contributed by atoms with Crippen molar-refractivity contribution in [3.8, 4) is 11.5 Å². The molecular weight excluding hydrogens is 347 g/mol. The molecule has 0 saturated carbocycles. The lowest BCUT2D eigenvalue weighted by Crippen LogP contribution is -2.19. The fraction of sp³-hybridized carbons (Fsp3) is 0.455. The molecule has 1 heterocycles. The summed E-state index contributed by atoms with van der Waals surface area (Å²) in [5.74, 6) is -2.34. The Labute approximate surface area is 120 Å². The molecule has 0 radical (unpaired) electrons. The van der Waals surface area contributed by atoms with E-state index in [1.807, 2.05) is 0 Å². The standard InChI is InChI=1S/C11H11BrF3NO4/c1-2-19-8(17)3-6-5-16-7(4-12)9(18)10(6)20-11(13,14)15/h5,18H,2-4H2,1H3. The van der Waals surface area contributed by atoms with E-state index in [2.05, 4.69) is 30.4 Å². The minimum Gasteiger partial charge on any atom is -0.503 e. The number of pyridine rings is 1. The van der Waals surface area contributed by atoms with Gasteiger partial charge in [-0.2, -0.15) is 0 Å². The van der Waals surface area contributed by atoms with Gasteiger partial charge in [0.15, 0.2) is 11.5 Å². The number of alkyl halides is 4. The van der Waals surface area contributed by atoms with Gasteiger partial charge in [-0.05, 0) is 6.92 Å². The van der Waals surface area contributed by atoms with E-state index in [9.17, 15) is 23.1 Å². The molecule has 0 unspecified atom stereocenters. The number of hydrogen-bond acceptors (Lipinski definition) is 5. The molecular formula is C11H11BrF3NO4. The maximum atomic E-state index is 12.3. The average Bonchev–Trinajstić information content (AvgIpc) is 2.33. The van der Waals surface area contributed by atoms with Crippen molar-refractivity contribution in [2.45, 2.75) is 25.0 Å². The van der Waals surface area contributed by atoms with Crippen molar-refractivity contribution in [2.75, 3.05) is 6.61 Å². The Balaban J connectivity index is 3.15. The highest BCUT2D eigenvalue weighted by Crippen LogP contribution is 2.37. The van der Waals surface area contributed by atoms with Gasteiger partial charge in [-0.15, -0.1) is 13.2 Å². The number of rotatable bonds is 5. The fourth-order valence-electron chi connectivity index (χ4n) is 1.38. The molecule has 0 amide bonds. The molecule has 0 aliphatic rings. The first-order valence-corrected chi connectivity index (χ1v) is 6.57. The predicted molar refractivity (Wildman–Crippen MR) is 65.6 cm³/mol. The zero-order valence-electron chi connectivity index (χ0n) is 10.3. The highest BCUT2D eigenvalue weighted by Gasteiger charge is 2.34. The summed E-state index contributed by atoms with van der Waals surface area (Å²) >= 11 is 2.97. The van der Waals surface area contributed by atoms with Crippen molar-refractivity contribution in [1.82, 2.24) is 4.98 Å². The van der Waals surface area contributed by atoms with Gasteiger partial charge in [0, 0.05) is 17.1 Å². The van der Waals surface area contributed by atoms with Crippen LogP contribution in [-0.2, 0) is 21.3 Å². The zero-order chi connectivity index (χ0) is 15.3. The largest absolute Gasteiger partial charge is 0.573 e. The molecule has 0 aromatic carbocycles. The Hall–Kier alpha value is -1.51. The van der Waals surface area contributed by atoms with Gasteiger partial charge in [0.25, 0.3) is 0 Å². The van der Waals surface area contributed by atoms with Crippen LogP contribution in [0, 0.1) is 0 Å². The molecule has 1 aromatic rings. The zero-order valence-corrected chi connectivity index (χ0v) is 11.9. The molecule has 112 valence electrons. The highest BCUT2D eigenvalue weighted by atomic mass is 79.9. The highest BCUT2D eigenvalue weighted by molar-refractivity contribution is 9.08. The Bertz CT molecular complexity index is 493. The third-order valence-electron chi connectivity index (χ3n) is 2.14. The van der Waals surface area contributed by atoms with Gasteiger partial charge in [0.1, 0.15) is 0 Å². The number of halogens is 4. The lowest BCUT2D eigenvalue weighted by atomic mass is 10.1. The van der Waals surface area contributed by atoms with E-state index in [1.54, 1.807) is 6.92 Å². The molecule has 5 nitrogen and oxygen atoms in total. The molecule has 1 rings (SSSR count). The van der Waals surface area contributed by atoms with Crippen molar-refractivity contribution in [2.24, 2.45) is 0 Å². The molecule has 0 fully saturated rings. The third-order valence-corrected chi connectivity index (χ3v) is 2.67. The van der Waals surface area contributed by atoms with Crippen molar-refractivity contribution in [3.63, 3.8) is 0 Å². The Kier molecular flexibility index (Phi) is 5.61. The van der Waals surface area contributed by atoms with E-state index in [0.717, 1.165) is 6.20 Å². The molecule has 0 aliphatic carbocycles. The van der Waals surface area contributed by atoms with Gasteiger partial charge in [0.2, 0.25) is 0 Å². The number of esters is 1. The van der Waals surface area contributed by atoms with E-state index >= 15 is 0 Å². The summed E-state index contributed by atoms with van der Waals surface area (Å²) in [7, 11) is 0. The van der Waals surface area contributed by atoms with Crippen LogP contribution in [-0.4, -0.2) is 29.0 Å². The minimum atomic E-state index is -4.99. The number of carbonyl (C=O) groups excluding carboxylic acids is 1. The number of carbonyl (C=O) groups is 1. The Morgan fingerprint density at radius 2 is 2.15 bits per heavy atom. The van der Waals surface area contributed by atoms with Crippen LogP contribution in [0.25, 0.3) is 0 Å². The summed E-state index contributed by atoms with van der Waals surface area (Å²) in [5, 5.41) is 9.74. The second kappa shape index (κ2) is 6.78. The molecule has 20 heavy (non-hydrogen) atoms. The molecule has 0 atom stereocenters. The van der Waals surface area contributed by atoms with Gasteiger partial charge in [-0.25, -0.2) is 0 Å². The number of aromatic nitrogens is 1. The maximum Gasteiger partial charge on any atom is 0.573 e. The predicted octanol–water partition coefficient (Wildman–Crippen LogP) is 2.69. The van der Waals surface area contributed by atoms with Crippen LogP contribution in [0.5, 0.6) is 11.5 Å². The first-order chi connectivity index (χ1) is 9.28. The van der Waals surface area contributed by atoms with E-state index in [4.69, 9.17) is 0 Å². The van der Waals surface area contributed by atoms with Crippen LogP contribution in [0.15, 0.2) is 6.20 Å². The van der Waals surface area contributed by atoms with Crippen LogP contribution in [0.3, 0.4) is 0 Å². The topological polar surface area (TPSA) is 68.7 Å². The van der Waals surface area contributed by atoms with Crippen LogP contribution in [0.1, 0.15) is 18.2 Å². The minimum absolute atomic E-state index is 0.0307. The van der Waals surface area contributed by atoms with Crippen LogP contribution >= 0.6 is 15.9 Å². The maximum absolute atomic E-state index is 12.3. The quantitative estimate of drug-likeness (QED) is 0.648.